The van der Waals surface area contributed by atoms with E-state index in [0.29, 0.717) is 46.9 Å². The summed E-state index contributed by atoms with van der Waals surface area (Å²) in [6, 6.07) is 18.4. The summed E-state index contributed by atoms with van der Waals surface area (Å²) in [7, 11) is 0. The first-order valence-electron chi connectivity index (χ1n) is 15.2. The van der Waals surface area contributed by atoms with Gasteiger partial charge in [-0.25, -0.2) is 19.3 Å². The predicted octanol–water partition coefficient (Wildman–Crippen LogP) is 7.18. The number of carboxylic acids is 1. The number of hydrogen-bond acceptors (Lipinski definition) is 5. The number of carboxylic acid groups (broad SMARTS) is 1. The minimum absolute atomic E-state index is 0.105. The van der Waals surface area contributed by atoms with Crippen molar-refractivity contribution in [3.8, 4) is 22.8 Å². The van der Waals surface area contributed by atoms with Gasteiger partial charge in [-0.2, -0.15) is 18.3 Å². The maximum Gasteiger partial charge on any atom is 0.434 e. The smallest absolute Gasteiger partial charge is 0.434 e. The second-order valence-electron chi connectivity index (χ2n) is 11.2. The number of alkyl halides is 3. The highest BCUT2D eigenvalue weighted by atomic mass is 19.4. The number of likely N-dealkylation sites (tertiary alicyclic amines) is 1. The number of halogens is 3. The minimum atomic E-state index is -4.96. The number of aryl methyl sites for hydroxylation is 1. The molecule has 1 N–H and O–H groups in total. The van der Waals surface area contributed by atoms with Crippen LogP contribution in [-0.2, 0) is 12.8 Å². The first-order chi connectivity index (χ1) is 22.0. The number of ether oxygens (including phenoxy) is 1. The van der Waals surface area contributed by atoms with E-state index in [9.17, 15) is 27.9 Å². The lowest BCUT2D eigenvalue weighted by atomic mass is 9.89. The zero-order valence-electron chi connectivity index (χ0n) is 25.9. The average molecular weight is 636 g/mol. The molecule has 46 heavy (non-hydrogen) atoms. The van der Waals surface area contributed by atoms with Crippen molar-refractivity contribution < 1.29 is 32.6 Å². The highest BCUT2D eigenvalue weighted by molar-refractivity contribution is 5.89. The lowest BCUT2D eigenvalue weighted by molar-refractivity contribution is -0.143. The van der Waals surface area contributed by atoms with Crippen LogP contribution < -0.4 is 4.74 Å². The molecule has 1 aliphatic heterocycles. The summed E-state index contributed by atoms with van der Waals surface area (Å²) in [6.45, 7) is 8.99. The van der Waals surface area contributed by atoms with Crippen LogP contribution in [0.2, 0.25) is 0 Å². The number of nitrogens with zero attached hydrogens (tertiary/aromatic N) is 5. The molecule has 1 fully saturated rings. The van der Waals surface area contributed by atoms with Gasteiger partial charge in [0.25, 0.3) is 0 Å². The number of aromatic nitrogens is 3. The number of rotatable bonds is 9. The topological polar surface area (TPSA) is 101 Å². The van der Waals surface area contributed by atoms with Crippen LogP contribution in [-0.4, -0.2) is 67.9 Å². The van der Waals surface area contributed by atoms with Crippen molar-refractivity contribution in [2.24, 2.45) is 0 Å². The molecule has 3 heterocycles. The Morgan fingerprint density at radius 2 is 1.72 bits per heavy atom. The third-order valence-electron chi connectivity index (χ3n) is 8.28. The van der Waals surface area contributed by atoms with Crippen LogP contribution in [0.3, 0.4) is 0 Å². The van der Waals surface area contributed by atoms with Gasteiger partial charge in [0.05, 0.1) is 11.9 Å². The minimum Gasteiger partial charge on any atom is -0.488 e. The fourth-order valence-electron chi connectivity index (χ4n) is 5.76. The summed E-state index contributed by atoms with van der Waals surface area (Å²) in [5.74, 6) is -1.04. The Labute approximate surface area is 265 Å². The molecule has 12 heteroatoms. The molecule has 2 amide bonds. The summed E-state index contributed by atoms with van der Waals surface area (Å²) in [6.07, 6.45) is -2.48. The van der Waals surface area contributed by atoms with Crippen LogP contribution in [0.15, 0.2) is 66.9 Å². The number of hydrogen-bond donors (Lipinski definition) is 1. The number of amides is 2. The highest BCUT2D eigenvalue weighted by Gasteiger charge is 2.41. The number of carbonyl (C=O) groups excluding carboxylic acids is 1. The van der Waals surface area contributed by atoms with Crippen LogP contribution in [0.25, 0.3) is 17.1 Å². The Morgan fingerprint density at radius 3 is 2.35 bits per heavy atom. The van der Waals surface area contributed by atoms with E-state index in [4.69, 9.17) is 4.74 Å². The molecule has 2 aromatic carbocycles. The van der Waals surface area contributed by atoms with Crippen molar-refractivity contribution in [1.82, 2.24) is 24.6 Å². The van der Waals surface area contributed by atoms with Crippen LogP contribution in [0.4, 0.5) is 18.0 Å². The van der Waals surface area contributed by atoms with E-state index < -0.39 is 23.4 Å². The van der Waals surface area contributed by atoms with Crippen molar-refractivity contribution >= 4 is 12.0 Å². The van der Waals surface area contributed by atoms with Gasteiger partial charge in [-0.05, 0) is 74.9 Å². The zero-order chi connectivity index (χ0) is 33.0. The number of urea groups is 1. The molecular formula is C34H36F3N5O4. The quantitative estimate of drug-likeness (QED) is 0.209. The fraction of sp³-hybridized carbons (Fsp3) is 0.353. The van der Waals surface area contributed by atoms with E-state index in [1.165, 1.54) is 17.7 Å². The van der Waals surface area contributed by atoms with Gasteiger partial charge in [0.15, 0.2) is 11.5 Å². The van der Waals surface area contributed by atoms with Gasteiger partial charge >= 0.3 is 18.2 Å². The normalized spacial score (nSPS) is 13.9. The van der Waals surface area contributed by atoms with Crippen molar-refractivity contribution in [2.75, 3.05) is 26.2 Å². The number of carbonyl (C=O) groups is 2. The monoisotopic (exact) mass is 635 g/mol. The molecule has 0 unspecified atom stereocenters. The second-order valence-corrected chi connectivity index (χ2v) is 11.2. The van der Waals surface area contributed by atoms with Crippen LogP contribution in [0.1, 0.15) is 65.3 Å². The third kappa shape index (κ3) is 7.00. The molecule has 5 rings (SSSR count). The first kappa shape index (κ1) is 32.5. The fourth-order valence-corrected chi connectivity index (χ4v) is 5.76. The van der Waals surface area contributed by atoms with Crippen molar-refractivity contribution in [3.63, 3.8) is 0 Å². The molecule has 0 saturated carbocycles. The van der Waals surface area contributed by atoms with Gasteiger partial charge in [-0.3, -0.25) is 0 Å². The Kier molecular flexibility index (Phi) is 9.64. The predicted molar refractivity (Wildman–Crippen MR) is 166 cm³/mol. The van der Waals surface area contributed by atoms with Gasteiger partial charge in [-0.15, -0.1) is 0 Å². The van der Waals surface area contributed by atoms with Gasteiger partial charge in [0.2, 0.25) is 0 Å². The highest BCUT2D eigenvalue weighted by Crippen LogP contribution is 2.35. The van der Waals surface area contributed by atoms with Gasteiger partial charge in [0, 0.05) is 31.7 Å². The van der Waals surface area contributed by atoms with Crippen molar-refractivity contribution in [2.45, 2.75) is 52.3 Å². The van der Waals surface area contributed by atoms with Crippen molar-refractivity contribution in [3.05, 3.63) is 94.8 Å². The van der Waals surface area contributed by atoms with E-state index in [2.05, 4.69) is 22.2 Å². The van der Waals surface area contributed by atoms with E-state index in [0.717, 1.165) is 37.1 Å². The summed E-state index contributed by atoms with van der Waals surface area (Å²) < 4.78 is 48.2. The van der Waals surface area contributed by atoms with Crippen LogP contribution in [0, 0.1) is 6.92 Å². The molecular weight excluding hydrogens is 599 g/mol. The molecule has 0 aliphatic carbocycles. The molecule has 1 aliphatic rings. The summed E-state index contributed by atoms with van der Waals surface area (Å²) >= 11 is 0. The van der Waals surface area contributed by atoms with Gasteiger partial charge < -0.3 is 19.6 Å². The van der Waals surface area contributed by atoms with E-state index in [1.807, 2.05) is 54.8 Å². The summed E-state index contributed by atoms with van der Waals surface area (Å²) in [4.78, 5) is 32.3. The Balaban J connectivity index is 1.30. The van der Waals surface area contributed by atoms with Crippen LogP contribution >= 0.6 is 0 Å². The van der Waals surface area contributed by atoms with Crippen LogP contribution in [0.5, 0.6) is 5.75 Å². The number of piperidine rings is 1. The largest absolute Gasteiger partial charge is 0.488 e. The first-order valence-corrected chi connectivity index (χ1v) is 15.2. The Bertz CT molecular complexity index is 1690. The zero-order valence-corrected chi connectivity index (χ0v) is 25.9. The molecule has 4 aromatic rings. The maximum absolute atomic E-state index is 13.8. The standard InChI is InChI=1S/C34H36F3N5O4/c1-4-40(5-2)33(45)41-17-15-25(16-18-41)24-12-10-23(11-13-24)21-46-29-14-9-22(3)19-26(29)28-7-6-8-30(39-28)42-31(34(35,36)37)27(20-38-42)32(43)44/h6-14,19-20,25H,4-5,15-18,21H2,1-3H3,(H,43,44). The molecule has 0 radical (unpaired) electrons. The summed E-state index contributed by atoms with van der Waals surface area (Å²) in [5.41, 5.74) is 1.61. The molecule has 1 saturated heterocycles. The molecule has 242 valence electrons. The van der Waals surface area contributed by atoms with E-state index in [-0.39, 0.29) is 18.5 Å². The van der Waals surface area contributed by atoms with Gasteiger partial charge in [-0.1, -0.05) is 42.0 Å². The lowest BCUT2D eigenvalue weighted by Crippen LogP contribution is -2.46. The maximum atomic E-state index is 13.8. The van der Waals surface area contributed by atoms with E-state index in [1.54, 1.807) is 12.1 Å². The number of aromatic carboxylic acids is 1. The van der Waals surface area contributed by atoms with Gasteiger partial charge in [0.1, 0.15) is 17.9 Å². The lowest BCUT2D eigenvalue weighted by Gasteiger charge is -2.35. The Morgan fingerprint density at radius 1 is 1.02 bits per heavy atom. The molecule has 0 spiro atoms. The second kappa shape index (κ2) is 13.6. The number of pyridine rings is 1. The Hall–Kier alpha value is -4.87. The summed E-state index contributed by atoms with van der Waals surface area (Å²) in [5, 5.41) is 13.0. The van der Waals surface area contributed by atoms with E-state index >= 15 is 0 Å². The average Bonchev–Trinajstić information content (AvgIpc) is 3.52. The molecule has 0 bridgehead atoms. The molecule has 9 nitrogen and oxygen atoms in total. The number of benzene rings is 2. The third-order valence-corrected chi connectivity index (χ3v) is 8.28. The van der Waals surface area contributed by atoms with Crippen molar-refractivity contribution in [1.29, 1.82) is 0 Å². The molecule has 0 atom stereocenters. The molecule has 2 aromatic heterocycles. The SMILES string of the molecule is CCN(CC)C(=O)N1CCC(c2ccc(COc3ccc(C)cc3-c3cccc(-n4ncc(C(=O)O)c4C(F)(F)F)n3)cc2)CC1.